The number of guanidine groups is 1. The van der Waals surface area contributed by atoms with Gasteiger partial charge in [-0.05, 0) is 56.6 Å². The summed E-state index contributed by atoms with van der Waals surface area (Å²) in [6.45, 7) is 10.4. The summed E-state index contributed by atoms with van der Waals surface area (Å²) in [6, 6.07) is 4.59. The van der Waals surface area contributed by atoms with E-state index in [0.29, 0.717) is 18.0 Å². The summed E-state index contributed by atoms with van der Waals surface area (Å²) < 4.78 is 0. The molecule has 0 aromatic carbocycles. The third kappa shape index (κ3) is 5.00. The molecule has 4 nitrogen and oxygen atoms in total. The molecule has 1 aromatic heterocycles. The van der Waals surface area contributed by atoms with Gasteiger partial charge in [0.2, 0.25) is 0 Å². The molecule has 122 valence electrons. The van der Waals surface area contributed by atoms with E-state index in [2.05, 4.69) is 49.4 Å². The van der Waals surface area contributed by atoms with E-state index >= 15 is 0 Å². The monoisotopic (exact) mass is 302 g/mol. The molecule has 0 bridgehead atoms. The SMILES string of the molecule is CCNC(=NCc1ncccc1C)NC1CCC(C)(C)CC1. The van der Waals surface area contributed by atoms with E-state index in [0.717, 1.165) is 18.2 Å². The number of nitrogens with zero attached hydrogens (tertiary/aromatic N) is 2. The topological polar surface area (TPSA) is 49.3 Å². The predicted molar refractivity (Wildman–Crippen MR) is 93.0 cm³/mol. The van der Waals surface area contributed by atoms with Crippen molar-refractivity contribution in [1.82, 2.24) is 15.6 Å². The second-order valence-electron chi connectivity index (χ2n) is 7.04. The fourth-order valence-electron chi connectivity index (χ4n) is 2.89. The molecule has 0 radical (unpaired) electrons. The molecule has 2 N–H and O–H groups in total. The Kier molecular flexibility index (Phi) is 5.81. The Hall–Kier alpha value is -1.58. The van der Waals surface area contributed by atoms with Gasteiger partial charge >= 0.3 is 0 Å². The lowest BCUT2D eigenvalue weighted by molar-refractivity contribution is 0.216. The van der Waals surface area contributed by atoms with Crippen LogP contribution < -0.4 is 10.6 Å². The molecular weight excluding hydrogens is 272 g/mol. The van der Waals surface area contributed by atoms with Crippen LogP contribution in [0.5, 0.6) is 0 Å². The van der Waals surface area contributed by atoms with Crippen molar-refractivity contribution in [2.75, 3.05) is 6.54 Å². The Balaban J connectivity index is 1.95. The largest absolute Gasteiger partial charge is 0.357 e. The highest BCUT2D eigenvalue weighted by molar-refractivity contribution is 5.80. The summed E-state index contributed by atoms with van der Waals surface area (Å²) in [7, 11) is 0. The molecule has 0 aliphatic heterocycles. The van der Waals surface area contributed by atoms with Gasteiger partial charge in [0, 0.05) is 18.8 Å². The second-order valence-corrected chi connectivity index (χ2v) is 7.04. The Morgan fingerprint density at radius 2 is 2.09 bits per heavy atom. The number of pyridine rings is 1. The Labute approximate surface area is 134 Å². The van der Waals surface area contributed by atoms with E-state index in [1.807, 2.05) is 12.3 Å². The molecular formula is C18H30N4. The molecule has 4 heteroatoms. The van der Waals surface area contributed by atoms with Gasteiger partial charge in [0.1, 0.15) is 0 Å². The van der Waals surface area contributed by atoms with Crippen LogP contribution in [0.3, 0.4) is 0 Å². The highest BCUT2D eigenvalue weighted by Gasteiger charge is 2.27. The maximum atomic E-state index is 4.71. The Bertz CT molecular complexity index is 498. The fourth-order valence-corrected chi connectivity index (χ4v) is 2.89. The fraction of sp³-hybridized carbons (Fsp3) is 0.667. The van der Waals surface area contributed by atoms with Crippen molar-refractivity contribution < 1.29 is 0 Å². The predicted octanol–water partition coefficient (Wildman–Crippen LogP) is 3.41. The quantitative estimate of drug-likeness (QED) is 0.662. The molecule has 0 unspecified atom stereocenters. The van der Waals surface area contributed by atoms with E-state index in [1.165, 1.54) is 31.2 Å². The zero-order valence-electron chi connectivity index (χ0n) is 14.4. The summed E-state index contributed by atoms with van der Waals surface area (Å²) in [5, 5.41) is 6.95. The first-order valence-corrected chi connectivity index (χ1v) is 8.45. The van der Waals surface area contributed by atoms with Crippen LogP contribution in [0.15, 0.2) is 23.3 Å². The molecule has 1 saturated carbocycles. The van der Waals surface area contributed by atoms with E-state index in [9.17, 15) is 0 Å². The number of hydrogen-bond donors (Lipinski definition) is 2. The third-order valence-corrected chi connectivity index (χ3v) is 4.53. The second kappa shape index (κ2) is 7.61. The number of nitrogens with one attached hydrogen (secondary N) is 2. The first-order chi connectivity index (χ1) is 10.5. The van der Waals surface area contributed by atoms with Crippen molar-refractivity contribution in [1.29, 1.82) is 0 Å². The van der Waals surface area contributed by atoms with Crippen molar-refractivity contribution in [3.8, 4) is 0 Å². The highest BCUT2D eigenvalue weighted by Crippen LogP contribution is 2.34. The van der Waals surface area contributed by atoms with E-state index in [1.54, 1.807) is 0 Å². The van der Waals surface area contributed by atoms with Crippen molar-refractivity contribution >= 4 is 5.96 Å². The molecule has 0 spiro atoms. The lowest BCUT2D eigenvalue weighted by Crippen LogP contribution is -2.45. The first kappa shape index (κ1) is 16.8. The van der Waals surface area contributed by atoms with E-state index in [4.69, 9.17) is 4.99 Å². The highest BCUT2D eigenvalue weighted by atomic mass is 15.2. The molecule has 0 amide bonds. The minimum Gasteiger partial charge on any atom is -0.357 e. The number of aryl methyl sites for hydroxylation is 1. The normalized spacial score (nSPS) is 19.0. The maximum Gasteiger partial charge on any atom is 0.191 e. The van der Waals surface area contributed by atoms with Crippen LogP contribution in [0.2, 0.25) is 0 Å². The molecule has 2 rings (SSSR count). The van der Waals surface area contributed by atoms with Gasteiger partial charge in [0.05, 0.1) is 12.2 Å². The van der Waals surface area contributed by atoms with Crippen LogP contribution in [-0.4, -0.2) is 23.5 Å². The smallest absolute Gasteiger partial charge is 0.191 e. The molecule has 0 atom stereocenters. The molecule has 1 aliphatic carbocycles. The summed E-state index contributed by atoms with van der Waals surface area (Å²) >= 11 is 0. The summed E-state index contributed by atoms with van der Waals surface area (Å²) in [5.41, 5.74) is 2.74. The minimum atomic E-state index is 0.499. The number of aromatic nitrogens is 1. The number of aliphatic imine (C=N–C) groups is 1. The van der Waals surface area contributed by atoms with Gasteiger partial charge in [0.15, 0.2) is 5.96 Å². The Morgan fingerprint density at radius 1 is 1.36 bits per heavy atom. The molecule has 1 heterocycles. The van der Waals surface area contributed by atoms with Gasteiger partial charge in [-0.1, -0.05) is 19.9 Å². The van der Waals surface area contributed by atoms with Crippen molar-refractivity contribution in [3.05, 3.63) is 29.6 Å². The number of rotatable bonds is 4. The lowest BCUT2D eigenvalue weighted by atomic mass is 9.75. The summed E-state index contributed by atoms with van der Waals surface area (Å²) in [4.78, 5) is 9.12. The van der Waals surface area contributed by atoms with Crippen LogP contribution in [0, 0.1) is 12.3 Å². The average molecular weight is 302 g/mol. The third-order valence-electron chi connectivity index (χ3n) is 4.53. The number of hydrogen-bond acceptors (Lipinski definition) is 2. The zero-order chi connectivity index (χ0) is 16.0. The standard InChI is InChI=1S/C18H30N4/c1-5-19-17(21-13-16-14(2)7-6-12-20-16)22-15-8-10-18(3,4)11-9-15/h6-7,12,15H,5,8-11,13H2,1-4H3,(H2,19,21,22). The van der Waals surface area contributed by atoms with Crippen LogP contribution in [0.4, 0.5) is 0 Å². The molecule has 1 aliphatic rings. The van der Waals surface area contributed by atoms with Crippen LogP contribution in [-0.2, 0) is 6.54 Å². The van der Waals surface area contributed by atoms with Crippen LogP contribution >= 0.6 is 0 Å². The minimum absolute atomic E-state index is 0.499. The van der Waals surface area contributed by atoms with Gasteiger partial charge in [-0.25, -0.2) is 4.99 Å². The summed E-state index contributed by atoms with van der Waals surface area (Å²) in [6.07, 6.45) is 6.84. The van der Waals surface area contributed by atoms with Crippen LogP contribution in [0.1, 0.15) is 57.7 Å². The van der Waals surface area contributed by atoms with Crippen LogP contribution in [0.25, 0.3) is 0 Å². The average Bonchev–Trinajstić information content (AvgIpc) is 2.48. The van der Waals surface area contributed by atoms with Gasteiger partial charge in [0.25, 0.3) is 0 Å². The maximum absolute atomic E-state index is 4.71. The molecule has 1 fully saturated rings. The zero-order valence-corrected chi connectivity index (χ0v) is 14.4. The van der Waals surface area contributed by atoms with Crippen molar-refractivity contribution in [2.24, 2.45) is 10.4 Å². The van der Waals surface area contributed by atoms with Crippen molar-refractivity contribution in [2.45, 2.75) is 66.0 Å². The van der Waals surface area contributed by atoms with Gasteiger partial charge < -0.3 is 10.6 Å². The Morgan fingerprint density at radius 3 is 2.73 bits per heavy atom. The molecule has 0 saturated heterocycles. The first-order valence-electron chi connectivity index (χ1n) is 8.45. The van der Waals surface area contributed by atoms with Crippen molar-refractivity contribution in [3.63, 3.8) is 0 Å². The molecule has 1 aromatic rings. The van der Waals surface area contributed by atoms with Gasteiger partial charge in [-0.2, -0.15) is 0 Å². The van der Waals surface area contributed by atoms with Gasteiger partial charge in [-0.3, -0.25) is 4.98 Å². The van der Waals surface area contributed by atoms with E-state index in [-0.39, 0.29) is 0 Å². The lowest BCUT2D eigenvalue weighted by Gasteiger charge is -2.35. The van der Waals surface area contributed by atoms with Gasteiger partial charge in [-0.15, -0.1) is 0 Å². The van der Waals surface area contributed by atoms with E-state index < -0.39 is 0 Å². The summed E-state index contributed by atoms with van der Waals surface area (Å²) in [5.74, 6) is 0.914. The molecule has 22 heavy (non-hydrogen) atoms.